The van der Waals surface area contributed by atoms with Crippen molar-refractivity contribution in [2.75, 3.05) is 12.5 Å². The summed E-state index contributed by atoms with van der Waals surface area (Å²) in [7, 11) is 0. The molecular formula is C24H14ClN5O2S2. The Labute approximate surface area is 208 Å². The predicted octanol–water partition coefficient (Wildman–Crippen LogP) is 5.87. The van der Waals surface area contributed by atoms with E-state index in [2.05, 4.69) is 22.1 Å². The third-order valence-corrected chi connectivity index (χ3v) is 7.28. The van der Waals surface area contributed by atoms with Crippen molar-refractivity contribution in [3.63, 3.8) is 0 Å². The van der Waals surface area contributed by atoms with Gasteiger partial charge in [0.05, 0.1) is 11.3 Å². The number of fused-ring (bicyclic) bond motifs is 1. The van der Waals surface area contributed by atoms with Crippen LogP contribution in [0.25, 0.3) is 21.7 Å². The predicted molar refractivity (Wildman–Crippen MR) is 132 cm³/mol. The van der Waals surface area contributed by atoms with E-state index in [1.807, 2.05) is 29.6 Å². The molecular weight excluding hydrogens is 490 g/mol. The van der Waals surface area contributed by atoms with Gasteiger partial charge in [-0.3, -0.25) is 0 Å². The van der Waals surface area contributed by atoms with Crippen LogP contribution in [0.1, 0.15) is 16.8 Å². The minimum atomic E-state index is 0.0665. The third kappa shape index (κ3) is 4.13. The van der Waals surface area contributed by atoms with E-state index in [4.69, 9.17) is 26.8 Å². The second-order valence-electron chi connectivity index (χ2n) is 7.16. The number of aromatic nitrogens is 2. The standard InChI is InChI=1S/C24H14ClN5O2S2/c25-15-4-1-13(2-5-15)23-29-16(10-33-23)11-34-24-18(9-27)21(17(8-26)22(28)30-24)14-3-6-19-20(7-14)32-12-31-19/h1-7,10H,11-12H2,(H2,28,30). The first-order chi connectivity index (χ1) is 16.6. The smallest absolute Gasteiger partial charge is 0.231 e. The van der Waals surface area contributed by atoms with Gasteiger partial charge in [0.15, 0.2) is 11.5 Å². The molecule has 5 rings (SSSR count). The minimum Gasteiger partial charge on any atom is -0.454 e. The second kappa shape index (κ2) is 9.24. The summed E-state index contributed by atoms with van der Waals surface area (Å²) in [5, 5.41) is 23.7. The van der Waals surface area contributed by atoms with Crippen LogP contribution in [0.2, 0.25) is 5.02 Å². The number of thioether (sulfide) groups is 1. The van der Waals surface area contributed by atoms with Crippen LogP contribution in [0, 0.1) is 22.7 Å². The summed E-state index contributed by atoms with van der Waals surface area (Å²) in [5.74, 6) is 1.71. The average Bonchev–Trinajstić information content (AvgIpc) is 3.52. The number of anilines is 1. The largest absolute Gasteiger partial charge is 0.454 e. The molecule has 0 unspecified atom stereocenters. The molecule has 1 aliphatic rings. The highest BCUT2D eigenvalue weighted by Crippen LogP contribution is 2.41. The maximum atomic E-state index is 10.0. The topological polar surface area (TPSA) is 118 Å². The van der Waals surface area contributed by atoms with E-state index < -0.39 is 0 Å². The Morgan fingerprint density at radius 2 is 1.74 bits per heavy atom. The molecule has 0 bridgehead atoms. The van der Waals surface area contributed by atoms with Crippen LogP contribution in [0.4, 0.5) is 5.82 Å². The normalized spacial score (nSPS) is 11.7. The molecule has 3 heterocycles. The van der Waals surface area contributed by atoms with Crippen LogP contribution in [0.3, 0.4) is 0 Å². The first-order valence-corrected chi connectivity index (χ1v) is 12.2. The molecule has 166 valence electrons. The summed E-state index contributed by atoms with van der Waals surface area (Å²) in [6.45, 7) is 0.125. The third-order valence-electron chi connectivity index (χ3n) is 5.08. The van der Waals surface area contributed by atoms with E-state index in [-0.39, 0.29) is 23.7 Å². The molecule has 2 aromatic heterocycles. The van der Waals surface area contributed by atoms with E-state index in [1.165, 1.54) is 23.1 Å². The van der Waals surface area contributed by atoms with Gasteiger partial charge in [0.25, 0.3) is 0 Å². The Hall–Kier alpha value is -3.76. The van der Waals surface area contributed by atoms with Crippen molar-refractivity contribution in [1.82, 2.24) is 9.97 Å². The highest BCUT2D eigenvalue weighted by atomic mass is 35.5. The highest BCUT2D eigenvalue weighted by molar-refractivity contribution is 7.98. The molecule has 7 nitrogen and oxygen atoms in total. The van der Waals surface area contributed by atoms with E-state index in [9.17, 15) is 10.5 Å². The molecule has 4 aromatic rings. The zero-order valence-corrected chi connectivity index (χ0v) is 19.8. The average molecular weight is 504 g/mol. The Morgan fingerprint density at radius 1 is 1.00 bits per heavy atom. The number of nitrogen functional groups attached to an aromatic ring is 1. The number of thiazole rings is 1. The molecule has 0 fully saturated rings. The lowest BCUT2D eigenvalue weighted by Crippen LogP contribution is -2.03. The Morgan fingerprint density at radius 3 is 2.50 bits per heavy atom. The van der Waals surface area contributed by atoms with Crippen molar-refractivity contribution in [3.8, 4) is 45.3 Å². The fourth-order valence-electron chi connectivity index (χ4n) is 3.48. The molecule has 0 radical (unpaired) electrons. The number of benzene rings is 2. The molecule has 2 aromatic carbocycles. The van der Waals surface area contributed by atoms with E-state index in [1.54, 1.807) is 18.2 Å². The molecule has 0 amide bonds. The molecule has 0 spiro atoms. The number of hydrogen-bond acceptors (Lipinski definition) is 9. The van der Waals surface area contributed by atoms with E-state index >= 15 is 0 Å². The zero-order chi connectivity index (χ0) is 23.7. The van der Waals surface area contributed by atoms with Gasteiger partial charge in [-0.05, 0) is 29.8 Å². The molecule has 0 saturated carbocycles. The van der Waals surface area contributed by atoms with Crippen molar-refractivity contribution in [2.24, 2.45) is 0 Å². The SMILES string of the molecule is N#Cc1c(N)nc(SCc2csc(-c3ccc(Cl)cc3)n2)c(C#N)c1-c1ccc2c(c1)OCO2. The van der Waals surface area contributed by atoms with Gasteiger partial charge < -0.3 is 15.2 Å². The fourth-order valence-corrected chi connectivity index (χ4v) is 5.43. The van der Waals surface area contributed by atoms with Gasteiger partial charge in [0, 0.05) is 27.3 Å². The number of halogens is 1. The number of nitrogens with zero attached hydrogens (tertiary/aromatic N) is 4. The van der Waals surface area contributed by atoms with Crippen molar-refractivity contribution in [3.05, 3.63) is 69.7 Å². The zero-order valence-electron chi connectivity index (χ0n) is 17.4. The summed E-state index contributed by atoms with van der Waals surface area (Å²) in [6.07, 6.45) is 0. The monoisotopic (exact) mass is 503 g/mol. The number of rotatable bonds is 5. The van der Waals surface area contributed by atoms with Crippen molar-refractivity contribution < 1.29 is 9.47 Å². The van der Waals surface area contributed by atoms with Gasteiger partial charge in [-0.25, -0.2) is 9.97 Å². The van der Waals surface area contributed by atoms with Crippen LogP contribution >= 0.6 is 34.7 Å². The summed E-state index contributed by atoms with van der Waals surface area (Å²) >= 11 is 8.85. The van der Waals surface area contributed by atoms with Gasteiger partial charge in [0.1, 0.15) is 33.6 Å². The number of ether oxygens (including phenoxy) is 2. The Balaban J connectivity index is 1.48. The molecule has 0 atom stereocenters. The molecule has 34 heavy (non-hydrogen) atoms. The number of nitriles is 2. The molecule has 1 aliphatic heterocycles. The lowest BCUT2D eigenvalue weighted by molar-refractivity contribution is 0.174. The molecule has 10 heteroatoms. The maximum absolute atomic E-state index is 10.0. The van der Waals surface area contributed by atoms with E-state index in [0.717, 1.165) is 16.3 Å². The van der Waals surface area contributed by atoms with Gasteiger partial charge >= 0.3 is 0 Å². The van der Waals surface area contributed by atoms with Crippen LogP contribution in [-0.4, -0.2) is 16.8 Å². The first kappa shape index (κ1) is 22.1. The van der Waals surface area contributed by atoms with Gasteiger partial charge in [-0.15, -0.1) is 11.3 Å². The fraction of sp³-hybridized carbons (Fsp3) is 0.0833. The van der Waals surface area contributed by atoms with Crippen LogP contribution < -0.4 is 15.2 Å². The lowest BCUT2D eigenvalue weighted by Gasteiger charge is -2.13. The minimum absolute atomic E-state index is 0.0665. The molecule has 2 N–H and O–H groups in total. The maximum Gasteiger partial charge on any atom is 0.231 e. The lowest BCUT2D eigenvalue weighted by atomic mass is 9.96. The summed E-state index contributed by atoms with van der Waals surface area (Å²) in [6, 6.07) is 17.1. The van der Waals surface area contributed by atoms with Crippen LogP contribution in [-0.2, 0) is 5.75 Å². The first-order valence-electron chi connectivity index (χ1n) is 9.94. The summed E-state index contributed by atoms with van der Waals surface area (Å²) < 4.78 is 10.8. The Bertz CT molecular complexity index is 1490. The second-order valence-corrected chi connectivity index (χ2v) is 9.42. The van der Waals surface area contributed by atoms with Crippen molar-refractivity contribution >= 4 is 40.5 Å². The van der Waals surface area contributed by atoms with Gasteiger partial charge in [0.2, 0.25) is 6.79 Å². The quantitative estimate of drug-likeness (QED) is 0.336. The van der Waals surface area contributed by atoms with Crippen LogP contribution in [0.15, 0.2) is 52.9 Å². The summed E-state index contributed by atoms with van der Waals surface area (Å²) in [5.41, 5.74) is 9.45. The highest BCUT2D eigenvalue weighted by Gasteiger charge is 2.23. The molecule has 0 saturated heterocycles. The number of hydrogen-bond donors (Lipinski definition) is 1. The van der Waals surface area contributed by atoms with Gasteiger partial charge in [-0.1, -0.05) is 41.6 Å². The van der Waals surface area contributed by atoms with Crippen LogP contribution in [0.5, 0.6) is 11.5 Å². The number of nitrogens with two attached hydrogens (primary N) is 1. The van der Waals surface area contributed by atoms with Gasteiger partial charge in [-0.2, -0.15) is 10.5 Å². The summed E-state index contributed by atoms with van der Waals surface area (Å²) in [4.78, 5) is 9.05. The number of pyridine rings is 1. The molecule has 0 aliphatic carbocycles. The van der Waals surface area contributed by atoms with Crippen molar-refractivity contribution in [1.29, 1.82) is 10.5 Å². The Kier molecular flexibility index (Phi) is 5.99. The van der Waals surface area contributed by atoms with Crippen molar-refractivity contribution in [2.45, 2.75) is 10.8 Å². The van der Waals surface area contributed by atoms with E-state index in [0.29, 0.717) is 38.4 Å².